The number of thiazole rings is 2. The smallest absolute Gasteiger partial charge is 0.280 e. The highest BCUT2D eigenvalue weighted by molar-refractivity contribution is 7.89. The van der Waals surface area contributed by atoms with Crippen LogP contribution in [0.1, 0.15) is 15.4 Å². The molecule has 1 N–H and O–H groups in total. The topological polar surface area (TPSA) is 132 Å². The van der Waals surface area contributed by atoms with Gasteiger partial charge < -0.3 is 14.3 Å². The molecule has 188 valence electrons. The van der Waals surface area contributed by atoms with Crippen LogP contribution >= 0.6 is 22.7 Å². The van der Waals surface area contributed by atoms with E-state index in [4.69, 9.17) is 14.3 Å². The Morgan fingerprint density at radius 2 is 1.91 bits per heavy atom. The molecule has 2 aromatic heterocycles. The highest BCUT2D eigenvalue weighted by Gasteiger charge is 2.22. The third-order valence-electron chi connectivity index (χ3n) is 4.55. The van der Waals surface area contributed by atoms with Gasteiger partial charge in [-0.15, -0.1) is 11.3 Å². The molecule has 0 unspecified atom stereocenters. The number of nitrogens with one attached hydrogen (secondary N) is 1. The number of benzene rings is 1. The highest BCUT2D eigenvalue weighted by atomic mass is 32.2. The molecule has 35 heavy (non-hydrogen) atoms. The molecule has 3 aromatic rings. The van der Waals surface area contributed by atoms with E-state index in [-0.39, 0.29) is 30.4 Å². The highest BCUT2D eigenvalue weighted by Crippen LogP contribution is 2.20. The molecule has 0 saturated carbocycles. The van der Waals surface area contributed by atoms with E-state index in [9.17, 15) is 13.2 Å². The van der Waals surface area contributed by atoms with Crippen LogP contribution < -0.4 is 5.32 Å². The number of sulfonamides is 1. The number of hydrogen-bond donors (Lipinski definition) is 1. The number of carbonyl (C=O) groups excluding carboxylic acids is 1. The van der Waals surface area contributed by atoms with Gasteiger partial charge in [0, 0.05) is 51.1 Å². The van der Waals surface area contributed by atoms with Crippen LogP contribution in [0.2, 0.25) is 0 Å². The van der Waals surface area contributed by atoms with Crippen LogP contribution in [0.4, 0.5) is 5.13 Å². The summed E-state index contributed by atoms with van der Waals surface area (Å²) in [4.78, 5) is 27.6. The first kappa shape index (κ1) is 26.8. The lowest BCUT2D eigenvalue weighted by Crippen LogP contribution is -2.30. The molecule has 11 nitrogen and oxygen atoms in total. The van der Waals surface area contributed by atoms with Crippen molar-refractivity contribution < 1.29 is 27.5 Å². The zero-order valence-electron chi connectivity index (χ0n) is 19.3. The van der Waals surface area contributed by atoms with Crippen molar-refractivity contribution >= 4 is 49.4 Å². The Hall–Kier alpha value is -2.75. The monoisotopic (exact) mass is 539 g/mol. The number of aromatic nitrogens is 2. The van der Waals surface area contributed by atoms with Gasteiger partial charge in [-0.05, 0) is 12.1 Å². The SMILES string of the molecule is COCCN(C)S(=O)(=O)c1ccc(/C(=N\OCc2nccs2)C(=O)Nc2ncc(COC)s2)cc1. The summed E-state index contributed by atoms with van der Waals surface area (Å²) in [5.41, 5.74) is 0.329. The quantitative estimate of drug-likeness (QED) is 0.259. The fourth-order valence-electron chi connectivity index (χ4n) is 2.74. The number of methoxy groups -OCH3 is 2. The minimum absolute atomic E-state index is 0.0401. The minimum atomic E-state index is -3.72. The van der Waals surface area contributed by atoms with Gasteiger partial charge in [-0.25, -0.2) is 18.4 Å². The van der Waals surface area contributed by atoms with E-state index in [0.717, 1.165) is 4.88 Å². The fourth-order valence-corrected chi connectivity index (χ4v) is 5.19. The Morgan fingerprint density at radius 3 is 2.57 bits per heavy atom. The van der Waals surface area contributed by atoms with Gasteiger partial charge in [0.05, 0.1) is 23.0 Å². The number of anilines is 1. The number of hydrogen-bond acceptors (Lipinski definition) is 11. The largest absolute Gasteiger partial charge is 0.388 e. The van der Waals surface area contributed by atoms with Gasteiger partial charge >= 0.3 is 0 Å². The normalized spacial score (nSPS) is 12.2. The molecule has 0 atom stereocenters. The van der Waals surface area contributed by atoms with Crippen molar-refractivity contribution in [2.24, 2.45) is 5.16 Å². The van der Waals surface area contributed by atoms with Gasteiger partial charge in [0.25, 0.3) is 5.91 Å². The van der Waals surface area contributed by atoms with E-state index in [0.29, 0.717) is 22.3 Å². The van der Waals surface area contributed by atoms with Crippen molar-refractivity contribution in [2.75, 3.05) is 39.7 Å². The summed E-state index contributed by atoms with van der Waals surface area (Å²) in [5.74, 6) is -0.560. The predicted molar refractivity (Wildman–Crippen MR) is 133 cm³/mol. The molecule has 0 radical (unpaired) electrons. The first-order valence-corrected chi connectivity index (χ1v) is 13.4. The standard InChI is InChI=1S/C21H25N5O6S3/c1-26(9-10-30-2)35(28,29)17-6-4-15(5-7-17)19(25-32-14-18-22-8-11-33-18)20(27)24-21-23-12-16(34-21)13-31-3/h4-8,11-12H,9-10,13-14H2,1-3H3,(H,23,24,27)/b25-19+. The second-order valence-corrected chi connectivity index (χ2v) is 11.1. The van der Waals surface area contributed by atoms with Gasteiger partial charge in [-0.3, -0.25) is 10.1 Å². The van der Waals surface area contributed by atoms with Gasteiger partial charge in [0.2, 0.25) is 10.0 Å². The number of rotatable bonds is 13. The summed E-state index contributed by atoms with van der Waals surface area (Å²) in [6, 6.07) is 5.83. The number of nitrogens with zero attached hydrogens (tertiary/aromatic N) is 4. The Balaban J connectivity index is 1.82. The lowest BCUT2D eigenvalue weighted by molar-refractivity contribution is -0.110. The molecule has 0 aliphatic rings. The third kappa shape index (κ3) is 7.37. The fraction of sp³-hybridized carbons (Fsp3) is 0.333. The van der Waals surface area contributed by atoms with E-state index in [1.807, 2.05) is 0 Å². The van der Waals surface area contributed by atoms with Crippen LogP contribution in [0, 0.1) is 0 Å². The van der Waals surface area contributed by atoms with Crippen molar-refractivity contribution in [2.45, 2.75) is 18.1 Å². The van der Waals surface area contributed by atoms with E-state index >= 15 is 0 Å². The molecule has 0 bridgehead atoms. The molecule has 1 aromatic carbocycles. The Kier molecular flexibility index (Phi) is 9.83. The predicted octanol–water partition coefficient (Wildman–Crippen LogP) is 2.57. The van der Waals surface area contributed by atoms with Crippen LogP contribution in [0.3, 0.4) is 0 Å². The van der Waals surface area contributed by atoms with Crippen LogP contribution in [0.15, 0.2) is 52.1 Å². The lowest BCUT2D eigenvalue weighted by Gasteiger charge is -2.17. The van der Waals surface area contributed by atoms with E-state index in [2.05, 4.69) is 20.4 Å². The number of ether oxygens (including phenoxy) is 2. The summed E-state index contributed by atoms with van der Waals surface area (Å²) in [6.07, 6.45) is 3.25. The van der Waals surface area contributed by atoms with Crippen LogP contribution in [-0.4, -0.2) is 68.7 Å². The molecule has 0 saturated heterocycles. The molecule has 14 heteroatoms. The molecule has 2 heterocycles. The van der Waals surface area contributed by atoms with Crippen molar-refractivity contribution in [3.05, 3.63) is 57.5 Å². The zero-order chi connectivity index (χ0) is 25.3. The first-order valence-electron chi connectivity index (χ1n) is 10.2. The van der Waals surface area contributed by atoms with Crippen LogP contribution in [0.5, 0.6) is 0 Å². The summed E-state index contributed by atoms with van der Waals surface area (Å²) in [6.45, 7) is 0.934. The minimum Gasteiger partial charge on any atom is -0.388 e. The molecule has 0 fully saturated rings. The molecule has 0 aliphatic heterocycles. The van der Waals surface area contributed by atoms with Crippen LogP contribution in [0.25, 0.3) is 0 Å². The second-order valence-electron chi connectivity index (χ2n) is 7.00. The molecule has 3 rings (SSSR count). The van der Waals surface area contributed by atoms with Crippen molar-refractivity contribution in [3.63, 3.8) is 0 Å². The molecule has 1 amide bonds. The van der Waals surface area contributed by atoms with Gasteiger partial charge in [0.15, 0.2) is 17.5 Å². The second kappa shape index (κ2) is 12.8. The summed E-state index contributed by atoms with van der Waals surface area (Å²) in [7, 11) is 0.829. The number of oxime groups is 1. The van der Waals surface area contributed by atoms with Gasteiger partial charge in [0.1, 0.15) is 5.01 Å². The van der Waals surface area contributed by atoms with Gasteiger partial charge in [-0.2, -0.15) is 4.31 Å². The van der Waals surface area contributed by atoms with E-state index in [1.165, 1.54) is 65.4 Å². The third-order valence-corrected chi connectivity index (χ3v) is 8.06. The van der Waals surface area contributed by atoms with E-state index in [1.54, 1.807) is 24.9 Å². The van der Waals surface area contributed by atoms with E-state index < -0.39 is 15.9 Å². The summed E-state index contributed by atoms with van der Waals surface area (Å²) < 4.78 is 36.8. The average molecular weight is 540 g/mol. The zero-order valence-corrected chi connectivity index (χ0v) is 21.8. The molecule has 0 aliphatic carbocycles. The van der Waals surface area contributed by atoms with Crippen molar-refractivity contribution in [3.8, 4) is 0 Å². The number of amides is 1. The Labute approximate surface area is 211 Å². The summed E-state index contributed by atoms with van der Waals surface area (Å²) >= 11 is 2.66. The molecular weight excluding hydrogens is 514 g/mol. The Bertz CT molecular complexity index is 1230. The van der Waals surface area contributed by atoms with Crippen LogP contribution in [-0.2, 0) is 42.3 Å². The van der Waals surface area contributed by atoms with Gasteiger partial charge in [-0.1, -0.05) is 28.6 Å². The first-order chi connectivity index (χ1) is 16.8. The maximum atomic E-state index is 13.0. The average Bonchev–Trinajstić information content (AvgIpc) is 3.53. The Morgan fingerprint density at radius 1 is 1.14 bits per heavy atom. The summed E-state index contributed by atoms with van der Waals surface area (Å²) in [5, 5.41) is 9.59. The molecule has 0 spiro atoms. The lowest BCUT2D eigenvalue weighted by atomic mass is 10.1. The van der Waals surface area contributed by atoms with Crippen molar-refractivity contribution in [1.82, 2.24) is 14.3 Å². The number of carbonyl (C=O) groups is 1. The number of likely N-dealkylation sites (N-methyl/N-ethyl adjacent to an activating group) is 1. The maximum absolute atomic E-state index is 13.0. The maximum Gasteiger partial charge on any atom is 0.280 e. The molecular formula is C21H25N5O6S3. The van der Waals surface area contributed by atoms with Crippen molar-refractivity contribution in [1.29, 1.82) is 0 Å².